The van der Waals surface area contributed by atoms with Crippen molar-refractivity contribution in [2.75, 3.05) is 6.54 Å². The topological polar surface area (TPSA) is 99.2 Å². The molecule has 6 nitrogen and oxygen atoms in total. The van der Waals surface area contributed by atoms with Gasteiger partial charge in [0.05, 0.1) is 0 Å². The molecule has 20 heavy (non-hydrogen) atoms. The highest BCUT2D eigenvalue weighted by molar-refractivity contribution is 5.95. The SMILES string of the molecule is Cc1ccc(C(=O)N(CCC(N)=NO)C2CC2)cc1O. The Balaban J connectivity index is 2.12. The van der Waals surface area contributed by atoms with Gasteiger partial charge in [-0.25, -0.2) is 0 Å². The van der Waals surface area contributed by atoms with E-state index in [4.69, 9.17) is 10.9 Å². The highest BCUT2D eigenvalue weighted by Gasteiger charge is 2.33. The van der Waals surface area contributed by atoms with E-state index in [9.17, 15) is 9.90 Å². The van der Waals surface area contributed by atoms with Crippen molar-refractivity contribution in [3.05, 3.63) is 29.3 Å². The van der Waals surface area contributed by atoms with Crippen LogP contribution >= 0.6 is 0 Å². The normalized spacial score (nSPS) is 15.2. The molecule has 2 rings (SSSR count). The molecule has 0 saturated heterocycles. The van der Waals surface area contributed by atoms with Gasteiger partial charge in [-0.1, -0.05) is 11.2 Å². The number of amidine groups is 1. The van der Waals surface area contributed by atoms with E-state index in [2.05, 4.69) is 5.16 Å². The van der Waals surface area contributed by atoms with Crippen LogP contribution in [0.25, 0.3) is 0 Å². The second-order valence-electron chi connectivity index (χ2n) is 5.07. The summed E-state index contributed by atoms with van der Waals surface area (Å²) in [6.45, 7) is 2.19. The van der Waals surface area contributed by atoms with E-state index in [0.717, 1.165) is 18.4 Å². The number of rotatable bonds is 5. The van der Waals surface area contributed by atoms with Crippen LogP contribution in [0, 0.1) is 6.92 Å². The van der Waals surface area contributed by atoms with Crippen molar-refractivity contribution >= 4 is 11.7 Å². The number of carbonyl (C=O) groups excluding carboxylic acids is 1. The first-order chi connectivity index (χ1) is 9.52. The van der Waals surface area contributed by atoms with Gasteiger partial charge in [0.2, 0.25) is 0 Å². The van der Waals surface area contributed by atoms with E-state index >= 15 is 0 Å². The number of carbonyl (C=O) groups is 1. The Labute approximate surface area is 117 Å². The second kappa shape index (κ2) is 5.81. The molecule has 0 bridgehead atoms. The van der Waals surface area contributed by atoms with Crippen molar-refractivity contribution in [2.45, 2.75) is 32.2 Å². The Morgan fingerprint density at radius 1 is 1.50 bits per heavy atom. The molecule has 1 aliphatic carbocycles. The lowest BCUT2D eigenvalue weighted by Gasteiger charge is -2.22. The van der Waals surface area contributed by atoms with Gasteiger partial charge >= 0.3 is 0 Å². The summed E-state index contributed by atoms with van der Waals surface area (Å²) in [7, 11) is 0. The van der Waals surface area contributed by atoms with Gasteiger partial charge in [-0.2, -0.15) is 0 Å². The quantitative estimate of drug-likeness (QED) is 0.328. The zero-order valence-electron chi connectivity index (χ0n) is 11.4. The Morgan fingerprint density at radius 2 is 2.20 bits per heavy atom. The molecular formula is C14H19N3O3. The Morgan fingerprint density at radius 3 is 2.75 bits per heavy atom. The fourth-order valence-electron chi connectivity index (χ4n) is 2.03. The number of nitrogens with zero attached hydrogens (tertiary/aromatic N) is 2. The first-order valence-corrected chi connectivity index (χ1v) is 6.60. The van der Waals surface area contributed by atoms with Gasteiger partial charge in [-0.15, -0.1) is 0 Å². The summed E-state index contributed by atoms with van der Waals surface area (Å²) in [5.74, 6) is 0.0896. The highest BCUT2D eigenvalue weighted by Crippen LogP contribution is 2.29. The van der Waals surface area contributed by atoms with E-state index in [-0.39, 0.29) is 23.5 Å². The summed E-state index contributed by atoms with van der Waals surface area (Å²) < 4.78 is 0. The van der Waals surface area contributed by atoms with Crippen LogP contribution in [0.2, 0.25) is 0 Å². The van der Waals surface area contributed by atoms with Gasteiger partial charge in [-0.05, 0) is 37.5 Å². The molecule has 0 spiro atoms. The molecule has 1 fully saturated rings. The number of aryl methyl sites for hydroxylation is 1. The standard InChI is InChI=1S/C14H19N3O3/c1-9-2-3-10(8-12(9)18)14(19)17(11-4-5-11)7-6-13(15)16-20/h2-3,8,11,18,20H,4-7H2,1H3,(H2,15,16). The van der Waals surface area contributed by atoms with Crippen molar-refractivity contribution in [3.8, 4) is 5.75 Å². The Kier molecular flexibility index (Phi) is 4.12. The summed E-state index contributed by atoms with van der Waals surface area (Å²) in [4.78, 5) is 14.2. The maximum Gasteiger partial charge on any atom is 0.254 e. The predicted octanol–water partition coefficient (Wildman–Crippen LogP) is 1.44. The molecule has 1 amide bonds. The van der Waals surface area contributed by atoms with Gasteiger partial charge in [0.25, 0.3) is 5.91 Å². The number of nitrogens with two attached hydrogens (primary N) is 1. The van der Waals surface area contributed by atoms with Crippen LogP contribution in [0.3, 0.4) is 0 Å². The largest absolute Gasteiger partial charge is 0.508 e. The number of hydrogen-bond donors (Lipinski definition) is 3. The van der Waals surface area contributed by atoms with Gasteiger partial charge in [0.15, 0.2) is 0 Å². The van der Waals surface area contributed by atoms with Crippen LogP contribution in [0.4, 0.5) is 0 Å². The molecular weight excluding hydrogens is 258 g/mol. The molecule has 0 aromatic heterocycles. The number of hydrogen-bond acceptors (Lipinski definition) is 4. The summed E-state index contributed by atoms with van der Waals surface area (Å²) in [5, 5.41) is 21.2. The molecule has 0 radical (unpaired) electrons. The number of benzene rings is 1. The van der Waals surface area contributed by atoms with Crippen LogP contribution in [-0.2, 0) is 0 Å². The highest BCUT2D eigenvalue weighted by atomic mass is 16.4. The zero-order chi connectivity index (χ0) is 14.7. The molecule has 0 aliphatic heterocycles. The summed E-state index contributed by atoms with van der Waals surface area (Å²) >= 11 is 0. The lowest BCUT2D eigenvalue weighted by atomic mass is 10.1. The molecule has 1 aromatic carbocycles. The third kappa shape index (κ3) is 3.20. The average molecular weight is 277 g/mol. The molecule has 1 aliphatic rings. The average Bonchev–Trinajstić information content (AvgIpc) is 3.26. The summed E-state index contributed by atoms with van der Waals surface area (Å²) in [6.07, 6.45) is 2.27. The molecule has 108 valence electrons. The monoisotopic (exact) mass is 277 g/mol. The van der Waals surface area contributed by atoms with Crippen molar-refractivity contribution in [2.24, 2.45) is 10.9 Å². The minimum atomic E-state index is -0.131. The Bertz CT molecular complexity index is 538. The minimum Gasteiger partial charge on any atom is -0.508 e. The Hall–Kier alpha value is -2.24. The minimum absolute atomic E-state index is 0.107. The zero-order valence-corrected chi connectivity index (χ0v) is 11.4. The summed E-state index contributed by atoms with van der Waals surface area (Å²) in [5.41, 5.74) is 6.64. The maximum absolute atomic E-state index is 12.5. The van der Waals surface area contributed by atoms with E-state index in [1.54, 1.807) is 24.0 Å². The second-order valence-corrected chi connectivity index (χ2v) is 5.07. The van der Waals surface area contributed by atoms with Crippen molar-refractivity contribution in [3.63, 3.8) is 0 Å². The first-order valence-electron chi connectivity index (χ1n) is 6.60. The van der Waals surface area contributed by atoms with Gasteiger partial charge in [0, 0.05) is 24.6 Å². The number of oxime groups is 1. The predicted molar refractivity (Wildman–Crippen MR) is 74.9 cm³/mol. The lowest BCUT2D eigenvalue weighted by Crippen LogP contribution is -2.35. The van der Waals surface area contributed by atoms with E-state index < -0.39 is 0 Å². The number of amides is 1. The van der Waals surface area contributed by atoms with Gasteiger partial charge in [-0.3, -0.25) is 4.79 Å². The molecule has 0 atom stereocenters. The smallest absolute Gasteiger partial charge is 0.254 e. The molecule has 0 unspecified atom stereocenters. The fraction of sp³-hybridized carbons (Fsp3) is 0.429. The maximum atomic E-state index is 12.5. The van der Waals surface area contributed by atoms with Gasteiger partial charge < -0.3 is 20.9 Å². The van der Waals surface area contributed by atoms with E-state index in [1.165, 1.54) is 6.07 Å². The van der Waals surface area contributed by atoms with Crippen LogP contribution in [0.15, 0.2) is 23.4 Å². The van der Waals surface area contributed by atoms with Crippen molar-refractivity contribution < 1.29 is 15.1 Å². The number of phenolic OH excluding ortho intramolecular Hbond substituents is 1. The molecule has 4 N–H and O–H groups in total. The molecule has 1 saturated carbocycles. The number of phenols is 1. The summed E-state index contributed by atoms with van der Waals surface area (Å²) in [6, 6.07) is 5.13. The van der Waals surface area contributed by atoms with Crippen molar-refractivity contribution in [1.82, 2.24) is 4.90 Å². The van der Waals surface area contributed by atoms with Gasteiger partial charge in [0.1, 0.15) is 11.6 Å². The lowest BCUT2D eigenvalue weighted by molar-refractivity contribution is 0.0747. The van der Waals surface area contributed by atoms with Crippen LogP contribution in [0.5, 0.6) is 5.75 Å². The van der Waals surface area contributed by atoms with Crippen LogP contribution in [0.1, 0.15) is 35.2 Å². The molecule has 6 heteroatoms. The number of aromatic hydroxyl groups is 1. The third-order valence-electron chi connectivity index (χ3n) is 3.44. The first kappa shape index (κ1) is 14.2. The van der Waals surface area contributed by atoms with Crippen LogP contribution < -0.4 is 5.73 Å². The third-order valence-corrected chi connectivity index (χ3v) is 3.44. The fourth-order valence-corrected chi connectivity index (χ4v) is 2.03. The molecule has 1 aromatic rings. The van der Waals surface area contributed by atoms with E-state index in [0.29, 0.717) is 18.5 Å². The van der Waals surface area contributed by atoms with Crippen molar-refractivity contribution in [1.29, 1.82) is 0 Å². The van der Waals surface area contributed by atoms with E-state index in [1.807, 2.05) is 0 Å². The molecule has 0 heterocycles. The van der Waals surface area contributed by atoms with Crippen LogP contribution in [-0.4, -0.2) is 39.5 Å².